The summed E-state index contributed by atoms with van der Waals surface area (Å²) in [5, 5.41) is 9.75. The number of aryl methyl sites for hydroxylation is 2. The predicted octanol–water partition coefficient (Wildman–Crippen LogP) is 3.47. The van der Waals surface area contributed by atoms with Gasteiger partial charge in [-0.25, -0.2) is 4.39 Å². The predicted molar refractivity (Wildman–Crippen MR) is 64.9 cm³/mol. The largest absolute Gasteiger partial charge is 0.393 e. The van der Waals surface area contributed by atoms with Crippen LogP contribution < -0.4 is 0 Å². The molecule has 90 valence electrons. The molecule has 1 N–H and O–H groups in total. The highest BCUT2D eigenvalue weighted by molar-refractivity contribution is 5.26. The van der Waals surface area contributed by atoms with Gasteiger partial charge in [0.2, 0.25) is 0 Å². The molecule has 0 fully saturated rings. The van der Waals surface area contributed by atoms with Crippen molar-refractivity contribution in [2.24, 2.45) is 5.92 Å². The number of halogens is 1. The van der Waals surface area contributed by atoms with E-state index in [4.69, 9.17) is 0 Å². The highest BCUT2D eigenvalue weighted by Crippen LogP contribution is 2.15. The van der Waals surface area contributed by atoms with Crippen molar-refractivity contribution in [2.45, 2.75) is 46.1 Å². The third-order valence-electron chi connectivity index (χ3n) is 2.80. The minimum absolute atomic E-state index is 0.191. The van der Waals surface area contributed by atoms with Gasteiger partial charge in [0.15, 0.2) is 0 Å². The number of hydrogen-bond acceptors (Lipinski definition) is 1. The minimum Gasteiger partial charge on any atom is -0.393 e. The van der Waals surface area contributed by atoms with E-state index in [1.807, 2.05) is 13.0 Å². The van der Waals surface area contributed by atoms with Crippen LogP contribution in [0.25, 0.3) is 0 Å². The van der Waals surface area contributed by atoms with Gasteiger partial charge in [0.05, 0.1) is 6.10 Å². The second kappa shape index (κ2) is 6.00. The standard InChI is InChI=1S/C14H21FO/c1-10(2)8-14(16)7-5-12-4-6-13(15)9-11(12)3/h4,6,9-10,14,16H,5,7-8H2,1-3H3. The summed E-state index contributed by atoms with van der Waals surface area (Å²) < 4.78 is 12.9. The Balaban J connectivity index is 2.48. The van der Waals surface area contributed by atoms with Gasteiger partial charge in [0.25, 0.3) is 0 Å². The molecule has 1 aromatic carbocycles. The van der Waals surface area contributed by atoms with Crippen LogP contribution >= 0.6 is 0 Å². The summed E-state index contributed by atoms with van der Waals surface area (Å²) in [6, 6.07) is 4.84. The Morgan fingerprint density at radius 1 is 1.31 bits per heavy atom. The van der Waals surface area contributed by atoms with Crippen molar-refractivity contribution in [3.63, 3.8) is 0 Å². The van der Waals surface area contributed by atoms with Crippen LogP contribution in [-0.4, -0.2) is 11.2 Å². The fourth-order valence-corrected chi connectivity index (χ4v) is 1.92. The van der Waals surface area contributed by atoms with Gasteiger partial charge in [0, 0.05) is 0 Å². The fraction of sp³-hybridized carbons (Fsp3) is 0.571. The molecule has 1 atom stereocenters. The van der Waals surface area contributed by atoms with Gasteiger partial charge in [-0.2, -0.15) is 0 Å². The maximum absolute atomic E-state index is 12.9. The highest BCUT2D eigenvalue weighted by atomic mass is 19.1. The molecule has 0 aromatic heterocycles. The molecule has 0 aliphatic heterocycles. The van der Waals surface area contributed by atoms with Crippen LogP contribution in [-0.2, 0) is 6.42 Å². The molecule has 0 aliphatic rings. The van der Waals surface area contributed by atoms with E-state index in [0.29, 0.717) is 5.92 Å². The first-order valence-electron chi connectivity index (χ1n) is 5.92. The lowest BCUT2D eigenvalue weighted by molar-refractivity contribution is 0.139. The smallest absolute Gasteiger partial charge is 0.123 e. The van der Waals surface area contributed by atoms with Crippen LogP contribution in [0.2, 0.25) is 0 Å². The molecule has 16 heavy (non-hydrogen) atoms. The topological polar surface area (TPSA) is 20.2 Å². The van der Waals surface area contributed by atoms with Crippen LogP contribution in [0.5, 0.6) is 0 Å². The molecule has 0 radical (unpaired) electrons. The van der Waals surface area contributed by atoms with Gasteiger partial charge in [-0.15, -0.1) is 0 Å². The fourth-order valence-electron chi connectivity index (χ4n) is 1.92. The van der Waals surface area contributed by atoms with Crippen LogP contribution in [0, 0.1) is 18.7 Å². The Kier molecular flexibility index (Phi) is 4.94. The first-order valence-corrected chi connectivity index (χ1v) is 5.92. The number of hydrogen-bond donors (Lipinski definition) is 1. The summed E-state index contributed by atoms with van der Waals surface area (Å²) in [4.78, 5) is 0. The van der Waals surface area contributed by atoms with Crippen molar-refractivity contribution >= 4 is 0 Å². The summed E-state index contributed by atoms with van der Waals surface area (Å²) in [6.45, 7) is 6.12. The molecule has 0 spiro atoms. The molecule has 1 nitrogen and oxygen atoms in total. The summed E-state index contributed by atoms with van der Waals surface area (Å²) in [6.07, 6.45) is 2.16. The Morgan fingerprint density at radius 2 is 2.00 bits per heavy atom. The van der Waals surface area contributed by atoms with E-state index in [0.717, 1.165) is 30.4 Å². The van der Waals surface area contributed by atoms with Crippen LogP contribution in [0.1, 0.15) is 37.8 Å². The third kappa shape index (κ3) is 4.31. The molecule has 1 unspecified atom stereocenters. The molecular formula is C14H21FO. The van der Waals surface area contributed by atoms with Gasteiger partial charge >= 0.3 is 0 Å². The highest BCUT2D eigenvalue weighted by Gasteiger charge is 2.08. The van der Waals surface area contributed by atoms with E-state index in [1.165, 1.54) is 6.07 Å². The number of benzene rings is 1. The second-order valence-corrected chi connectivity index (χ2v) is 4.89. The van der Waals surface area contributed by atoms with Crippen molar-refractivity contribution in [3.05, 3.63) is 35.1 Å². The third-order valence-corrected chi connectivity index (χ3v) is 2.80. The molecule has 0 aliphatic carbocycles. The maximum atomic E-state index is 12.9. The number of rotatable bonds is 5. The molecular weight excluding hydrogens is 203 g/mol. The summed E-state index contributed by atoms with van der Waals surface area (Å²) in [7, 11) is 0. The lowest BCUT2D eigenvalue weighted by atomic mass is 9.97. The van der Waals surface area contributed by atoms with Gasteiger partial charge in [-0.3, -0.25) is 0 Å². The first kappa shape index (κ1) is 13.2. The van der Waals surface area contributed by atoms with Crippen LogP contribution in [0.15, 0.2) is 18.2 Å². The minimum atomic E-state index is -0.246. The number of aliphatic hydroxyl groups excluding tert-OH is 1. The Hall–Kier alpha value is -0.890. The van der Waals surface area contributed by atoms with E-state index in [-0.39, 0.29) is 11.9 Å². The summed E-state index contributed by atoms with van der Waals surface area (Å²) >= 11 is 0. The monoisotopic (exact) mass is 224 g/mol. The lowest BCUT2D eigenvalue weighted by Crippen LogP contribution is -2.11. The molecule has 0 saturated heterocycles. The van der Waals surface area contributed by atoms with Gasteiger partial charge in [0.1, 0.15) is 5.82 Å². The molecule has 0 bridgehead atoms. The molecule has 0 saturated carbocycles. The van der Waals surface area contributed by atoms with Crippen molar-refractivity contribution < 1.29 is 9.50 Å². The zero-order chi connectivity index (χ0) is 12.1. The Bertz CT molecular complexity index is 334. The molecule has 1 aromatic rings. The van der Waals surface area contributed by atoms with Crippen molar-refractivity contribution in [2.75, 3.05) is 0 Å². The summed E-state index contributed by atoms with van der Waals surface area (Å²) in [5.41, 5.74) is 2.10. The average molecular weight is 224 g/mol. The Morgan fingerprint density at radius 3 is 2.56 bits per heavy atom. The molecule has 2 heteroatoms. The van der Waals surface area contributed by atoms with Crippen LogP contribution in [0.4, 0.5) is 4.39 Å². The van der Waals surface area contributed by atoms with E-state index in [1.54, 1.807) is 6.07 Å². The quantitative estimate of drug-likeness (QED) is 0.812. The SMILES string of the molecule is Cc1cc(F)ccc1CCC(O)CC(C)C. The maximum Gasteiger partial charge on any atom is 0.123 e. The van der Waals surface area contributed by atoms with Crippen molar-refractivity contribution in [1.82, 2.24) is 0 Å². The van der Waals surface area contributed by atoms with E-state index in [9.17, 15) is 9.50 Å². The molecule has 1 rings (SSSR count). The van der Waals surface area contributed by atoms with Crippen LogP contribution in [0.3, 0.4) is 0 Å². The molecule has 0 heterocycles. The average Bonchev–Trinajstić information content (AvgIpc) is 2.15. The normalized spacial score (nSPS) is 13.1. The van der Waals surface area contributed by atoms with E-state index < -0.39 is 0 Å². The van der Waals surface area contributed by atoms with Gasteiger partial charge in [-0.1, -0.05) is 19.9 Å². The zero-order valence-electron chi connectivity index (χ0n) is 10.3. The van der Waals surface area contributed by atoms with E-state index >= 15 is 0 Å². The second-order valence-electron chi connectivity index (χ2n) is 4.89. The lowest BCUT2D eigenvalue weighted by Gasteiger charge is -2.13. The van der Waals surface area contributed by atoms with E-state index in [2.05, 4.69) is 13.8 Å². The summed E-state index contributed by atoms with van der Waals surface area (Å²) in [5.74, 6) is 0.327. The Labute approximate surface area is 97.3 Å². The van der Waals surface area contributed by atoms with Crippen molar-refractivity contribution in [3.8, 4) is 0 Å². The van der Waals surface area contributed by atoms with Crippen molar-refractivity contribution in [1.29, 1.82) is 0 Å². The van der Waals surface area contributed by atoms with Gasteiger partial charge < -0.3 is 5.11 Å². The zero-order valence-corrected chi connectivity index (χ0v) is 10.3. The first-order chi connectivity index (χ1) is 7.49. The number of aliphatic hydroxyl groups is 1. The molecule has 0 amide bonds. The van der Waals surface area contributed by atoms with Gasteiger partial charge in [-0.05, 0) is 55.4 Å².